The van der Waals surface area contributed by atoms with Gasteiger partial charge in [0.25, 0.3) is 11.5 Å². The van der Waals surface area contributed by atoms with Crippen LogP contribution in [0.5, 0.6) is 0 Å². The number of likely N-dealkylation sites (N-methyl/N-ethyl adjacent to an activating group) is 1. The number of hydrogen-bond donors (Lipinski definition) is 2. The molecule has 1 aromatic carbocycles. The van der Waals surface area contributed by atoms with Crippen molar-refractivity contribution >= 4 is 39.2 Å². The third-order valence-corrected chi connectivity index (χ3v) is 5.74. The van der Waals surface area contributed by atoms with Crippen LogP contribution in [0, 0.1) is 11.6 Å². The lowest BCUT2D eigenvalue weighted by Crippen LogP contribution is -2.37. The molecule has 1 aliphatic rings. The van der Waals surface area contributed by atoms with Crippen molar-refractivity contribution in [1.29, 1.82) is 0 Å². The highest BCUT2D eigenvalue weighted by atomic mass is 35.5. The number of pyridine rings is 2. The Morgan fingerprint density at radius 1 is 1.19 bits per heavy atom. The van der Waals surface area contributed by atoms with Gasteiger partial charge < -0.3 is 19.6 Å². The van der Waals surface area contributed by atoms with Crippen molar-refractivity contribution in [3.8, 4) is 0 Å². The van der Waals surface area contributed by atoms with Crippen LogP contribution in [0.1, 0.15) is 27.8 Å². The smallest absolute Gasteiger partial charge is 0.270 e. The fraction of sp³-hybridized carbons (Fsp3) is 0.190. The Morgan fingerprint density at radius 2 is 1.94 bits per heavy atom. The monoisotopic (exact) mass is 444 g/mol. The second kappa shape index (κ2) is 7.14. The standard InChI is InChI=1S/C21H15ClF2N4O3/c1-28(21(30)14-2-9-3-18(22)25-6-15(9)26-14)17-8-31-7-16-19(17)10-4-12(23)13(24)5-11(10)20(29)27-16/h2-6,17,26H,7-8H2,1H3,(H,27,29). The Labute approximate surface area is 178 Å². The van der Waals surface area contributed by atoms with Gasteiger partial charge in [0, 0.05) is 23.7 Å². The summed E-state index contributed by atoms with van der Waals surface area (Å²) in [5, 5.41) is 1.29. The van der Waals surface area contributed by atoms with Crippen LogP contribution in [0.4, 0.5) is 8.78 Å². The maximum atomic E-state index is 14.0. The highest BCUT2D eigenvalue weighted by Gasteiger charge is 2.32. The number of H-pyrrole nitrogens is 2. The van der Waals surface area contributed by atoms with E-state index in [1.54, 1.807) is 19.2 Å². The number of aromatic amines is 2. The molecule has 0 fully saturated rings. The highest BCUT2D eigenvalue weighted by molar-refractivity contribution is 6.30. The lowest BCUT2D eigenvalue weighted by Gasteiger charge is -2.33. The maximum Gasteiger partial charge on any atom is 0.270 e. The average molecular weight is 445 g/mol. The van der Waals surface area contributed by atoms with E-state index in [4.69, 9.17) is 16.3 Å². The van der Waals surface area contributed by atoms with Crippen LogP contribution in [0.3, 0.4) is 0 Å². The highest BCUT2D eigenvalue weighted by Crippen LogP contribution is 2.34. The summed E-state index contributed by atoms with van der Waals surface area (Å²) in [5.74, 6) is -2.54. The molecule has 0 aliphatic carbocycles. The van der Waals surface area contributed by atoms with Gasteiger partial charge in [0.15, 0.2) is 11.6 Å². The Bertz CT molecular complexity index is 1430. The zero-order chi connectivity index (χ0) is 21.9. The van der Waals surface area contributed by atoms with Gasteiger partial charge in [-0.3, -0.25) is 9.59 Å². The molecule has 31 heavy (non-hydrogen) atoms. The molecular weight excluding hydrogens is 430 g/mol. The van der Waals surface area contributed by atoms with E-state index >= 15 is 0 Å². The van der Waals surface area contributed by atoms with E-state index < -0.39 is 23.2 Å². The van der Waals surface area contributed by atoms with Crippen LogP contribution in [0.2, 0.25) is 5.15 Å². The van der Waals surface area contributed by atoms with Gasteiger partial charge in [-0.15, -0.1) is 0 Å². The molecule has 1 unspecified atom stereocenters. The number of carbonyl (C=O) groups is 1. The zero-order valence-corrected chi connectivity index (χ0v) is 16.9. The summed E-state index contributed by atoms with van der Waals surface area (Å²) in [6.45, 7) is 0.220. The summed E-state index contributed by atoms with van der Waals surface area (Å²) in [6.07, 6.45) is 1.53. The lowest BCUT2D eigenvalue weighted by atomic mass is 9.95. The van der Waals surface area contributed by atoms with Crippen molar-refractivity contribution in [2.45, 2.75) is 12.6 Å². The number of fused-ring (bicyclic) bond motifs is 4. The van der Waals surface area contributed by atoms with E-state index in [-0.39, 0.29) is 29.9 Å². The van der Waals surface area contributed by atoms with Gasteiger partial charge in [-0.1, -0.05) is 11.6 Å². The summed E-state index contributed by atoms with van der Waals surface area (Å²) in [4.78, 5) is 36.7. The number of halogens is 3. The molecule has 1 atom stereocenters. The van der Waals surface area contributed by atoms with E-state index in [1.807, 2.05) is 0 Å². The number of nitrogens with one attached hydrogen (secondary N) is 2. The topological polar surface area (TPSA) is 91.1 Å². The fourth-order valence-corrected chi connectivity index (χ4v) is 4.17. The molecule has 7 nitrogen and oxygen atoms in total. The van der Waals surface area contributed by atoms with Crippen molar-refractivity contribution in [2.75, 3.05) is 13.7 Å². The molecule has 1 aliphatic heterocycles. The Balaban J connectivity index is 1.61. The van der Waals surface area contributed by atoms with Crippen LogP contribution in [-0.2, 0) is 11.3 Å². The molecule has 0 saturated carbocycles. The molecule has 0 bridgehead atoms. The number of rotatable bonds is 2. The average Bonchev–Trinajstić information content (AvgIpc) is 3.17. The van der Waals surface area contributed by atoms with Crippen LogP contribution in [0.25, 0.3) is 21.7 Å². The molecule has 4 aromatic rings. The van der Waals surface area contributed by atoms with Crippen molar-refractivity contribution in [1.82, 2.24) is 19.9 Å². The predicted octanol–water partition coefficient (Wildman–Crippen LogP) is 3.68. The second-order valence-corrected chi connectivity index (χ2v) is 7.77. The third kappa shape index (κ3) is 3.17. The van der Waals surface area contributed by atoms with Gasteiger partial charge in [-0.2, -0.15) is 0 Å². The zero-order valence-electron chi connectivity index (χ0n) is 16.1. The van der Waals surface area contributed by atoms with E-state index in [0.29, 0.717) is 27.6 Å². The second-order valence-electron chi connectivity index (χ2n) is 7.38. The molecule has 3 aromatic heterocycles. The first-order chi connectivity index (χ1) is 14.8. The van der Waals surface area contributed by atoms with Crippen molar-refractivity contribution < 1.29 is 18.3 Å². The number of ether oxygens (including phenoxy) is 1. The van der Waals surface area contributed by atoms with Gasteiger partial charge in [-0.25, -0.2) is 13.8 Å². The molecule has 10 heteroatoms. The quantitative estimate of drug-likeness (QED) is 0.461. The summed E-state index contributed by atoms with van der Waals surface area (Å²) >= 11 is 5.92. The Kier molecular flexibility index (Phi) is 4.53. The minimum absolute atomic E-state index is 0.0109. The summed E-state index contributed by atoms with van der Waals surface area (Å²) in [7, 11) is 1.58. The third-order valence-electron chi connectivity index (χ3n) is 5.53. The minimum Gasteiger partial charge on any atom is -0.373 e. The SMILES string of the molecule is CN(C(=O)c1cc2cc(Cl)ncc2[nH]1)C1COCc2[nH]c(=O)c3cc(F)c(F)cc3c21. The first-order valence-corrected chi connectivity index (χ1v) is 9.74. The molecule has 2 N–H and O–H groups in total. The van der Waals surface area contributed by atoms with Gasteiger partial charge in [0.2, 0.25) is 0 Å². The largest absolute Gasteiger partial charge is 0.373 e. The van der Waals surface area contributed by atoms with E-state index in [2.05, 4.69) is 15.0 Å². The van der Waals surface area contributed by atoms with E-state index in [0.717, 1.165) is 17.5 Å². The van der Waals surface area contributed by atoms with Gasteiger partial charge >= 0.3 is 0 Å². The summed E-state index contributed by atoms with van der Waals surface area (Å²) in [5.41, 5.74) is 1.35. The number of nitrogens with zero attached hydrogens (tertiary/aromatic N) is 2. The number of benzene rings is 1. The van der Waals surface area contributed by atoms with E-state index in [1.165, 1.54) is 11.1 Å². The van der Waals surface area contributed by atoms with Crippen LogP contribution in [-0.4, -0.2) is 39.4 Å². The molecule has 158 valence electrons. The number of aromatic nitrogens is 3. The maximum absolute atomic E-state index is 14.0. The number of amides is 1. The molecule has 0 radical (unpaired) electrons. The molecular formula is C21H15ClF2N4O3. The van der Waals surface area contributed by atoms with Gasteiger partial charge in [0.1, 0.15) is 10.8 Å². The first kappa shape index (κ1) is 19.7. The van der Waals surface area contributed by atoms with Crippen LogP contribution >= 0.6 is 11.6 Å². The number of hydrogen-bond acceptors (Lipinski definition) is 4. The molecule has 4 heterocycles. The molecule has 0 saturated heterocycles. The van der Waals surface area contributed by atoms with Crippen molar-refractivity contribution in [2.24, 2.45) is 0 Å². The predicted molar refractivity (Wildman–Crippen MR) is 110 cm³/mol. The lowest BCUT2D eigenvalue weighted by molar-refractivity contribution is 0.0333. The summed E-state index contributed by atoms with van der Waals surface area (Å²) < 4.78 is 33.4. The van der Waals surface area contributed by atoms with Crippen molar-refractivity contribution in [3.05, 3.63) is 74.6 Å². The Morgan fingerprint density at radius 3 is 2.71 bits per heavy atom. The fourth-order valence-electron chi connectivity index (χ4n) is 4.00. The Hall–Kier alpha value is -3.30. The van der Waals surface area contributed by atoms with Crippen molar-refractivity contribution in [3.63, 3.8) is 0 Å². The summed E-state index contributed by atoms with van der Waals surface area (Å²) in [6, 6.07) is 4.53. The minimum atomic E-state index is -1.11. The van der Waals surface area contributed by atoms with Gasteiger partial charge in [-0.05, 0) is 29.7 Å². The normalized spacial score (nSPS) is 15.9. The number of carbonyl (C=O) groups excluding carboxylic acids is 1. The molecule has 5 rings (SSSR count). The van der Waals surface area contributed by atoms with E-state index in [9.17, 15) is 18.4 Å². The molecule has 0 spiro atoms. The van der Waals surface area contributed by atoms with Gasteiger partial charge in [0.05, 0.1) is 36.4 Å². The first-order valence-electron chi connectivity index (χ1n) is 9.36. The van der Waals surface area contributed by atoms with Crippen LogP contribution < -0.4 is 5.56 Å². The van der Waals surface area contributed by atoms with Crippen LogP contribution in [0.15, 0.2) is 35.3 Å². The molecule has 1 amide bonds.